The minimum atomic E-state index is -0.715. The number of benzene rings is 2. The Hall–Kier alpha value is -3.32. The van der Waals surface area contributed by atoms with E-state index in [9.17, 15) is 9.59 Å². The highest BCUT2D eigenvalue weighted by atomic mass is 32.1. The van der Waals surface area contributed by atoms with Gasteiger partial charge in [0.15, 0.2) is 0 Å². The van der Waals surface area contributed by atoms with Gasteiger partial charge in [-0.2, -0.15) is 5.10 Å². The molecule has 2 aromatic carbocycles. The molecule has 0 fully saturated rings. The molecule has 0 spiro atoms. The van der Waals surface area contributed by atoms with Gasteiger partial charge in [-0.15, -0.1) is 11.3 Å². The van der Waals surface area contributed by atoms with Gasteiger partial charge >= 0.3 is 0 Å². The summed E-state index contributed by atoms with van der Waals surface area (Å²) >= 11 is 1.61. The maximum Gasteiger partial charge on any atom is 0.263 e. The standard InChI is InChI=1S/C24H22N4O2S/c1-15(22(29)27-26-13-17-9-6-8-16-7-2-3-10-18(16)17)28-14-25-23-21(24(28)30)19-11-4-5-12-20(19)31-23/h2-3,6-10,13-15H,4-5,11-12H2,1H3,(H,27,29)/b26-13+. The Morgan fingerprint density at radius 3 is 2.90 bits per heavy atom. The summed E-state index contributed by atoms with van der Waals surface area (Å²) in [4.78, 5) is 32.4. The van der Waals surface area contributed by atoms with Gasteiger partial charge in [0.2, 0.25) is 0 Å². The largest absolute Gasteiger partial charge is 0.286 e. The molecule has 156 valence electrons. The Balaban J connectivity index is 1.39. The average Bonchev–Trinajstić information content (AvgIpc) is 3.18. The smallest absolute Gasteiger partial charge is 0.263 e. The van der Waals surface area contributed by atoms with E-state index in [1.807, 2.05) is 42.5 Å². The number of thiophene rings is 1. The number of aromatic nitrogens is 2. The van der Waals surface area contributed by atoms with Crippen molar-refractivity contribution in [2.45, 2.75) is 38.6 Å². The number of hydrazone groups is 1. The first kappa shape index (κ1) is 19.6. The first-order chi connectivity index (χ1) is 15.1. The molecule has 0 saturated heterocycles. The molecule has 7 heteroatoms. The summed E-state index contributed by atoms with van der Waals surface area (Å²) in [6.45, 7) is 1.69. The third-order valence-corrected chi connectivity index (χ3v) is 7.10. The molecule has 1 atom stereocenters. The lowest BCUT2D eigenvalue weighted by Gasteiger charge is -2.14. The van der Waals surface area contributed by atoms with Crippen molar-refractivity contribution >= 4 is 44.4 Å². The SMILES string of the molecule is CC(C(=O)N/N=C/c1cccc2ccccc12)n1cnc2sc3c(c2c1=O)CCCC3. The molecule has 0 bridgehead atoms. The monoisotopic (exact) mass is 430 g/mol. The molecule has 1 aliphatic rings. The van der Waals surface area contributed by atoms with Crippen LogP contribution in [0.5, 0.6) is 0 Å². The Bertz CT molecular complexity index is 1380. The van der Waals surface area contributed by atoms with Gasteiger partial charge in [0.25, 0.3) is 11.5 Å². The van der Waals surface area contributed by atoms with Gasteiger partial charge in [0, 0.05) is 10.4 Å². The van der Waals surface area contributed by atoms with Crippen molar-refractivity contribution in [3.8, 4) is 0 Å². The van der Waals surface area contributed by atoms with E-state index >= 15 is 0 Å². The second-order valence-electron chi connectivity index (χ2n) is 7.83. The summed E-state index contributed by atoms with van der Waals surface area (Å²) in [5, 5.41) is 6.98. The molecule has 2 heterocycles. The summed E-state index contributed by atoms with van der Waals surface area (Å²) in [7, 11) is 0. The molecule has 0 aliphatic heterocycles. The van der Waals surface area contributed by atoms with Crippen LogP contribution in [0.25, 0.3) is 21.0 Å². The zero-order chi connectivity index (χ0) is 21.4. The number of nitrogens with one attached hydrogen (secondary N) is 1. The highest BCUT2D eigenvalue weighted by Crippen LogP contribution is 2.33. The van der Waals surface area contributed by atoms with Crippen LogP contribution in [0.15, 0.2) is 58.7 Å². The molecule has 0 saturated carbocycles. The molecule has 5 rings (SSSR count). The number of hydrogen-bond acceptors (Lipinski definition) is 5. The van der Waals surface area contributed by atoms with Crippen molar-refractivity contribution in [3.05, 3.63) is 75.1 Å². The van der Waals surface area contributed by atoms with E-state index in [1.54, 1.807) is 24.5 Å². The van der Waals surface area contributed by atoms with Crippen LogP contribution >= 0.6 is 11.3 Å². The van der Waals surface area contributed by atoms with Crippen LogP contribution < -0.4 is 11.0 Å². The highest BCUT2D eigenvalue weighted by Gasteiger charge is 2.23. The van der Waals surface area contributed by atoms with Crippen LogP contribution in [0, 0.1) is 0 Å². The zero-order valence-corrected chi connectivity index (χ0v) is 18.0. The fourth-order valence-corrected chi connectivity index (χ4v) is 5.40. The highest BCUT2D eigenvalue weighted by molar-refractivity contribution is 7.18. The maximum absolute atomic E-state index is 13.2. The van der Waals surface area contributed by atoms with E-state index in [2.05, 4.69) is 15.5 Å². The van der Waals surface area contributed by atoms with Gasteiger partial charge in [-0.25, -0.2) is 10.4 Å². The van der Waals surface area contributed by atoms with Crippen LogP contribution in [-0.2, 0) is 17.6 Å². The molecule has 1 N–H and O–H groups in total. The summed E-state index contributed by atoms with van der Waals surface area (Å²) in [5.41, 5.74) is 4.46. The first-order valence-electron chi connectivity index (χ1n) is 10.5. The summed E-state index contributed by atoms with van der Waals surface area (Å²) in [5.74, 6) is -0.358. The first-order valence-corrected chi connectivity index (χ1v) is 11.3. The minimum Gasteiger partial charge on any atom is -0.286 e. The maximum atomic E-state index is 13.2. The topological polar surface area (TPSA) is 76.3 Å². The van der Waals surface area contributed by atoms with E-state index in [0.717, 1.165) is 52.4 Å². The minimum absolute atomic E-state index is 0.148. The number of amides is 1. The number of aryl methyl sites for hydroxylation is 2. The summed E-state index contributed by atoms with van der Waals surface area (Å²) in [6, 6.07) is 13.2. The van der Waals surface area contributed by atoms with Crippen molar-refractivity contribution < 1.29 is 4.79 Å². The molecule has 31 heavy (non-hydrogen) atoms. The van der Waals surface area contributed by atoms with Crippen molar-refractivity contribution in [2.75, 3.05) is 0 Å². The second kappa shape index (κ2) is 8.07. The molecular formula is C24H22N4O2S. The Morgan fingerprint density at radius 1 is 1.19 bits per heavy atom. The van der Waals surface area contributed by atoms with Crippen LogP contribution in [0.4, 0.5) is 0 Å². The third-order valence-electron chi connectivity index (χ3n) is 5.90. The van der Waals surface area contributed by atoms with E-state index in [1.165, 1.54) is 15.8 Å². The van der Waals surface area contributed by atoms with Gasteiger partial charge in [-0.1, -0.05) is 42.5 Å². The van der Waals surface area contributed by atoms with Crippen LogP contribution in [0.1, 0.15) is 41.8 Å². The zero-order valence-electron chi connectivity index (χ0n) is 17.2. The molecular weight excluding hydrogens is 408 g/mol. The molecule has 1 amide bonds. The van der Waals surface area contributed by atoms with Gasteiger partial charge in [0.1, 0.15) is 10.9 Å². The summed E-state index contributed by atoms with van der Waals surface area (Å²) < 4.78 is 1.41. The molecule has 1 aliphatic carbocycles. The van der Waals surface area contributed by atoms with Crippen LogP contribution in [-0.4, -0.2) is 21.7 Å². The predicted molar refractivity (Wildman–Crippen MR) is 125 cm³/mol. The Morgan fingerprint density at radius 2 is 2.00 bits per heavy atom. The lowest BCUT2D eigenvalue weighted by Crippen LogP contribution is -2.34. The number of carbonyl (C=O) groups is 1. The Labute approximate surface area is 183 Å². The summed E-state index contributed by atoms with van der Waals surface area (Å²) in [6.07, 6.45) is 7.27. The van der Waals surface area contributed by atoms with Crippen LogP contribution in [0.2, 0.25) is 0 Å². The lowest BCUT2D eigenvalue weighted by atomic mass is 9.97. The average molecular weight is 431 g/mol. The fraction of sp³-hybridized carbons (Fsp3) is 0.250. The quantitative estimate of drug-likeness (QED) is 0.389. The van der Waals surface area contributed by atoms with E-state index in [0.29, 0.717) is 5.39 Å². The van der Waals surface area contributed by atoms with Crippen molar-refractivity contribution in [1.29, 1.82) is 0 Å². The van der Waals surface area contributed by atoms with Gasteiger partial charge < -0.3 is 0 Å². The molecule has 2 aromatic heterocycles. The third kappa shape index (κ3) is 3.55. The van der Waals surface area contributed by atoms with E-state index < -0.39 is 6.04 Å². The Kier molecular flexibility index (Phi) is 5.11. The van der Waals surface area contributed by atoms with E-state index in [-0.39, 0.29) is 11.5 Å². The lowest BCUT2D eigenvalue weighted by molar-refractivity contribution is -0.123. The number of rotatable bonds is 4. The number of carbonyl (C=O) groups excluding carboxylic acids is 1. The van der Waals surface area contributed by atoms with Gasteiger partial charge in [0.05, 0.1) is 17.9 Å². The van der Waals surface area contributed by atoms with Crippen LogP contribution in [0.3, 0.4) is 0 Å². The number of fused-ring (bicyclic) bond motifs is 4. The predicted octanol–water partition coefficient (Wildman–Crippen LogP) is 4.20. The van der Waals surface area contributed by atoms with Gasteiger partial charge in [-0.05, 0) is 48.9 Å². The van der Waals surface area contributed by atoms with Crippen molar-refractivity contribution in [1.82, 2.24) is 15.0 Å². The van der Waals surface area contributed by atoms with E-state index in [4.69, 9.17) is 0 Å². The van der Waals surface area contributed by atoms with Crippen molar-refractivity contribution in [3.63, 3.8) is 0 Å². The van der Waals surface area contributed by atoms with Crippen molar-refractivity contribution in [2.24, 2.45) is 5.10 Å². The number of nitrogens with zero attached hydrogens (tertiary/aromatic N) is 3. The molecule has 4 aromatic rings. The van der Waals surface area contributed by atoms with Gasteiger partial charge in [-0.3, -0.25) is 14.2 Å². The molecule has 6 nitrogen and oxygen atoms in total. The second-order valence-corrected chi connectivity index (χ2v) is 8.91. The molecule has 0 radical (unpaired) electrons. The normalized spacial score (nSPS) is 14.7. The fourth-order valence-electron chi connectivity index (χ4n) is 4.18. The number of hydrogen-bond donors (Lipinski definition) is 1. The molecule has 1 unspecified atom stereocenters.